The molecule has 166 valence electrons. The van der Waals surface area contributed by atoms with Crippen molar-refractivity contribution >= 4 is 55.9 Å². The van der Waals surface area contributed by atoms with Crippen LogP contribution in [0.1, 0.15) is 16.1 Å². The lowest BCUT2D eigenvalue weighted by molar-refractivity contribution is -0.133. The number of rotatable bonds is 4. The molecule has 0 atom stereocenters. The first-order valence-electron chi connectivity index (χ1n) is 9.88. The van der Waals surface area contributed by atoms with E-state index in [2.05, 4.69) is 32.0 Å². The van der Waals surface area contributed by atoms with E-state index in [-0.39, 0.29) is 11.4 Å². The van der Waals surface area contributed by atoms with Crippen molar-refractivity contribution in [3.63, 3.8) is 0 Å². The predicted octanol–water partition coefficient (Wildman–Crippen LogP) is 4.81. The molecule has 3 N–H and O–H groups in total. The quantitative estimate of drug-likeness (QED) is 0.345. The Bertz CT molecular complexity index is 1400. The van der Waals surface area contributed by atoms with Crippen molar-refractivity contribution in [1.29, 1.82) is 0 Å². The fourth-order valence-corrected chi connectivity index (χ4v) is 3.65. The second-order valence-electron chi connectivity index (χ2n) is 7.21. The number of carbonyl (C=O) groups is 3. The summed E-state index contributed by atoms with van der Waals surface area (Å²) < 4.78 is 16.0. The highest BCUT2D eigenvalue weighted by Gasteiger charge is 2.22. The molecule has 0 radical (unpaired) electrons. The molecule has 1 aromatic heterocycles. The van der Waals surface area contributed by atoms with Crippen LogP contribution in [0.4, 0.5) is 15.8 Å². The van der Waals surface area contributed by atoms with E-state index in [9.17, 15) is 18.8 Å². The molecular formula is C24H18BrFN4O3. The van der Waals surface area contributed by atoms with Crippen molar-refractivity contribution in [2.75, 3.05) is 16.1 Å². The summed E-state index contributed by atoms with van der Waals surface area (Å²) in [6.07, 6.45) is 0. The van der Waals surface area contributed by atoms with Crippen molar-refractivity contribution in [3.05, 3.63) is 94.3 Å². The fourth-order valence-electron chi connectivity index (χ4n) is 3.27. The van der Waals surface area contributed by atoms with Gasteiger partial charge in [-0.15, -0.1) is 0 Å². The van der Waals surface area contributed by atoms with Crippen LogP contribution in [-0.4, -0.2) is 22.4 Å². The van der Waals surface area contributed by atoms with Crippen LogP contribution in [0, 0.1) is 12.7 Å². The van der Waals surface area contributed by atoms with Gasteiger partial charge in [0.1, 0.15) is 11.5 Å². The highest BCUT2D eigenvalue weighted by molar-refractivity contribution is 9.10. The van der Waals surface area contributed by atoms with Crippen LogP contribution < -0.4 is 16.1 Å². The third kappa shape index (κ3) is 4.78. The Labute approximate surface area is 196 Å². The zero-order chi connectivity index (χ0) is 23.5. The minimum atomic E-state index is -0.974. The minimum absolute atomic E-state index is 0.0101. The van der Waals surface area contributed by atoms with Gasteiger partial charge in [-0.1, -0.05) is 46.3 Å². The van der Waals surface area contributed by atoms with Gasteiger partial charge in [0.15, 0.2) is 0 Å². The average molecular weight is 509 g/mol. The maximum absolute atomic E-state index is 14.0. The maximum atomic E-state index is 14.0. The SMILES string of the molecule is Cc1ccccc1NC(=O)C(=O)Nn1c(C(=O)Nc2ccccc2F)cc2cc(Br)ccc21. The molecule has 4 rings (SSSR count). The average Bonchev–Trinajstić information content (AvgIpc) is 3.14. The molecule has 9 heteroatoms. The molecule has 0 unspecified atom stereocenters. The Kier molecular flexibility index (Phi) is 6.23. The highest BCUT2D eigenvalue weighted by atomic mass is 79.9. The van der Waals surface area contributed by atoms with E-state index in [0.717, 1.165) is 10.0 Å². The fraction of sp³-hybridized carbons (Fsp3) is 0.0417. The molecule has 7 nitrogen and oxygen atoms in total. The van der Waals surface area contributed by atoms with Gasteiger partial charge in [0, 0.05) is 15.5 Å². The zero-order valence-corrected chi connectivity index (χ0v) is 18.9. The summed E-state index contributed by atoms with van der Waals surface area (Å²) in [5.74, 6) is -3.13. The molecule has 0 bridgehead atoms. The molecule has 0 fully saturated rings. The monoisotopic (exact) mass is 508 g/mol. The number of nitrogens with one attached hydrogen (secondary N) is 3. The normalized spacial score (nSPS) is 10.6. The molecule has 0 saturated heterocycles. The van der Waals surface area contributed by atoms with Crippen LogP contribution in [0.25, 0.3) is 10.9 Å². The van der Waals surface area contributed by atoms with Crippen LogP contribution >= 0.6 is 15.9 Å². The summed E-state index contributed by atoms with van der Waals surface area (Å²) in [7, 11) is 0. The molecule has 33 heavy (non-hydrogen) atoms. The zero-order valence-electron chi connectivity index (χ0n) is 17.4. The molecule has 3 amide bonds. The predicted molar refractivity (Wildman–Crippen MR) is 128 cm³/mol. The van der Waals surface area contributed by atoms with E-state index in [4.69, 9.17) is 0 Å². The lowest BCUT2D eigenvalue weighted by Crippen LogP contribution is -2.36. The molecular weight excluding hydrogens is 491 g/mol. The van der Waals surface area contributed by atoms with E-state index in [1.54, 1.807) is 49.4 Å². The van der Waals surface area contributed by atoms with Gasteiger partial charge in [-0.3, -0.25) is 19.8 Å². The summed E-state index contributed by atoms with van der Waals surface area (Å²) in [5.41, 5.74) is 4.25. The second kappa shape index (κ2) is 9.25. The van der Waals surface area contributed by atoms with Gasteiger partial charge >= 0.3 is 11.8 Å². The number of fused-ring (bicyclic) bond motifs is 1. The third-order valence-corrected chi connectivity index (χ3v) is 5.42. The van der Waals surface area contributed by atoms with Crippen molar-refractivity contribution in [2.45, 2.75) is 6.92 Å². The summed E-state index contributed by atoms with van der Waals surface area (Å²) in [6.45, 7) is 1.80. The molecule has 1 heterocycles. The second-order valence-corrected chi connectivity index (χ2v) is 8.13. The number of aryl methyl sites for hydroxylation is 1. The van der Waals surface area contributed by atoms with Crippen molar-refractivity contribution in [2.24, 2.45) is 0 Å². The van der Waals surface area contributed by atoms with Gasteiger partial charge < -0.3 is 10.6 Å². The number of anilines is 2. The Hall–Kier alpha value is -3.98. The number of halogens is 2. The van der Waals surface area contributed by atoms with Crippen LogP contribution in [0.2, 0.25) is 0 Å². The number of aromatic nitrogens is 1. The Balaban J connectivity index is 1.65. The van der Waals surface area contributed by atoms with E-state index in [0.29, 0.717) is 16.6 Å². The van der Waals surface area contributed by atoms with Gasteiger partial charge in [0.2, 0.25) is 0 Å². The molecule has 3 aromatic carbocycles. The third-order valence-electron chi connectivity index (χ3n) is 4.93. The largest absolute Gasteiger partial charge is 0.328 e. The molecule has 4 aromatic rings. The molecule has 0 spiro atoms. The van der Waals surface area contributed by atoms with Gasteiger partial charge in [0.05, 0.1) is 11.2 Å². The van der Waals surface area contributed by atoms with Crippen LogP contribution in [-0.2, 0) is 9.59 Å². The number of para-hydroxylation sites is 2. The summed E-state index contributed by atoms with van der Waals surface area (Å²) in [6, 6.07) is 19.5. The first kappa shape index (κ1) is 22.2. The number of nitrogens with zero attached hydrogens (tertiary/aromatic N) is 1. The van der Waals surface area contributed by atoms with Crippen LogP contribution in [0.5, 0.6) is 0 Å². The minimum Gasteiger partial charge on any atom is -0.318 e. The number of amides is 3. The summed E-state index contributed by atoms with van der Waals surface area (Å²) >= 11 is 3.37. The number of benzene rings is 3. The summed E-state index contributed by atoms with van der Waals surface area (Å²) in [4.78, 5) is 38.1. The van der Waals surface area contributed by atoms with Crippen molar-refractivity contribution < 1.29 is 18.8 Å². The van der Waals surface area contributed by atoms with E-state index in [1.165, 1.54) is 28.9 Å². The number of hydrogen-bond acceptors (Lipinski definition) is 3. The lowest BCUT2D eigenvalue weighted by Gasteiger charge is -2.13. The van der Waals surface area contributed by atoms with E-state index >= 15 is 0 Å². The number of carbonyl (C=O) groups excluding carboxylic acids is 3. The van der Waals surface area contributed by atoms with E-state index < -0.39 is 23.5 Å². The Morgan fingerprint density at radius 3 is 2.27 bits per heavy atom. The van der Waals surface area contributed by atoms with Crippen molar-refractivity contribution in [3.8, 4) is 0 Å². The molecule has 0 aliphatic carbocycles. The Morgan fingerprint density at radius 1 is 0.848 bits per heavy atom. The highest BCUT2D eigenvalue weighted by Crippen LogP contribution is 2.24. The molecule has 0 saturated carbocycles. The van der Waals surface area contributed by atoms with Gasteiger partial charge in [0.25, 0.3) is 5.91 Å². The van der Waals surface area contributed by atoms with Gasteiger partial charge in [-0.05, 0) is 55.0 Å². The Morgan fingerprint density at radius 2 is 1.55 bits per heavy atom. The van der Waals surface area contributed by atoms with Crippen LogP contribution in [0.3, 0.4) is 0 Å². The summed E-state index contributed by atoms with van der Waals surface area (Å²) in [5, 5.41) is 5.68. The standard InChI is InChI=1S/C24H18BrFN4O3/c1-14-6-2-4-8-18(14)27-23(32)24(33)29-30-20-11-10-16(25)12-15(20)13-21(30)22(31)28-19-9-5-3-7-17(19)26/h2-13H,1H3,(H,27,32)(H,28,31)(H,29,33). The number of hydrogen-bond donors (Lipinski definition) is 3. The van der Waals surface area contributed by atoms with Crippen molar-refractivity contribution in [1.82, 2.24) is 4.68 Å². The topological polar surface area (TPSA) is 92.2 Å². The van der Waals surface area contributed by atoms with Gasteiger partial charge in [-0.2, -0.15) is 0 Å². The molecule has 0 aliphatic heterocycles. The van der Waals surface area contributed by atoms with Crippen LogP contribution in [0.15, 0.2) is 77.3 Å². The smallest absolute Gasteiger partial charge is 0.318 e. The molecule has 0 aliphatic rings. The van der Waals surface area contributed by atoms with E-state index in [1.807, 2.05) is 6.07 Å². The van der Waals surface area contributed by atoms with Gasteiger partial charge in [-0.25, -0.2) is 9.07 Å². The maximum Gasteiger partial charge on any atom is 0.328 e. The first-order chi connectivity index (χ1) is 15.8. The lowest BCUT2D eigenvalue weighted by atomic mass is 10.2. The first-order valence-corrected chi connectivity index (χ1v) is 10.7.